The highest BCUT2D eigenvalue weighted by Crippen LogP contribution is 2.36. The first-order valence-corrected chi connectivity index (χ1v) is 9.71. The van der Waals surface area contributed by atoms with Crippen molar-refractivity contribution in [1.82, 2.24) is 0 Å². The van der Waals surface area contributed by atoms with Gasteiger partial charge in [-0.2, -0.15) is 0 Å². The van der Waals surface area contributed by atoms with Gasteiger partial charge < -0.3 is 13.9 Å². The number of carbonyl (C=O) groups excluding carboxylic acids is 2. The Balaban J connectivity index is 1.75. The maximum atomic E-state index is 12.7. The second kappa shape index (κ2) is 8.43. The maximum Gasteiger partial charge on any atom is 0.343 e. The minimum Gasteiger partial charge on any atom is -0.462 e. The first kappa shape index (κ1) is 19.7. The van der Waals surface area contributed by atoms with Crippen LogP contribution in [0.15, 0.2) is 77.2 Å². The molecular formula is C24H17ClO5. The Morgan fingerprint density at radius 3 is 2.37 bits per heavy atom. The fourth-order valence-corrected chi connectivity index (χ4v) is 3.22. The molecule has 5 nitrogen and oxygen atoms in total. The standard InChI is InChI=1S/C24H17ClO5/c1-2-28-24(27)21-19-14-18(29-23(26)16-8-10-17(25)11-9-16)12-13-20(19)30-22(21)15-6-4-3-5-7-15/h3-14H,2H2,1H3. The smallest absolute Gasteiger partial charge is 0.343 e. The molecule has 4 rings (SSSR count). The second-order valence-corrected chi connectivity index (χ2v) is 6.88. The Hall–Kier alpha value is -3.57. The van der Waals surface area contributed by atoms with E-state index in [1.54, 1.807) is 49.4 Å². The second-order valence-electron chi connectivity index (χ2n) is 6.45. The minimum absolute atomic E-state index is 0.227. The van der Waals surface area contributed by atoms with Crippen molar-refractivity contribution in [2.24, 2.45) is 0 Å². The molecule has 6 heteroatoms. The van der Waals surface area contributed by atoms with Gasteiger partial charge in [0.2, 0.25) is 0 Å². The summed E-state index contributed by atoms with van der Waals surface area (Å²) < 4.78 is 16.7. The predicted molar refractivity (Wildman–Crippen MR) is 114 cm³/mol. The van der Waals surface area contributed by atoms with E-state index in [0.29, 0.717) is 32.9 Å². The van der Waals surface area contributed by atoms with Gasteiger partial charge in [0, 0.05) is 16.0 Å². The average molecular weight is 421 g/mol. The summed E-state index contributed by atoms with van der Waals surface area (Å²) in [6.07, 6.45) is 0. The molecule has 4 aromatic rings. The number of ether oxygens (including phenoxy) is 2. The normalized spacial score (nSPS) is 10.7. The quantitative estimate of drug-likeness (QED) is 0.286. The Morgan fingerprint density at radius 2 is 1.67 bits per heavy atom. The summed E-state index contributed by atoms with van der Waals surface area (Å²) in [6, 6.07) is 20.6. The lowest BCUT2D eigenvalue weighted by molar-refractivity contribution is 0.0528. The van der Waals surface area contributed by atoms with E-state index in [1.807, 2.05) is 30.3 Å². The summed E-state index contributed by atoms with van der Waals surface area (Å²) in [4.78, 5) is 25.1. The molecule has 0 saturated carbocycles. The van der Waals surface area contributed by atoms with Crippen molar-refractivity contribution >= 4 is 34.5 Å². The lowest BCUT2D eigenvalue weighted by atomic mass is 10.1. The molecule has 1 heterocycles. The largest absolute Gasteiger partial charge is 0.462 e. The molecule has 0 N–H and O–H groups in total. The number of benzene rings is 3. The molecule has 0 atom stereocenters. The monoisotopic (exact) mass is 420 g/mol. The van der Waals surface area contributed by atoms with Gasteiger partial charge in [-0.15, -0.1) is 0 Å². The van der Waals surface area contributed by atoms with Crippen LogP contribution in [-0.4, -0.2) is 18.5 Å². The van der Waals surface area contributed by atoms with Crippen LogP contribution in [-0.2, 0) is 4.74 Å². The van der Waals surface area contributed by atoms with Crippen molar-refractivity contribution in [3.63, 3.8) is 0 Å². The number of hydrogen-bond donors (Lipinski definition) is 0. The summed E-state index contributed by atoms with van der Waals surface area (Å²) in [5.41, 5.74) is 1.89. The van der Waals surface area contributed by atoms with Crippen molar-refractivity contribution in [3.05, 3.63) is 88.9 Å². The van der Waals surface area contributed by atoms with Gasteiger partial charge in [-0.1, -0.05) is 41.9 Å². The van der Waals surface area contributed by atoms with Gasteiger partial charge in [-0.25, -0.2) is 9.59 Å². The fraction of sp³-hybridized carbons (Fsp3) is 0.0833. The topological polar surface area (TPSA) is 65.7 Å². The molecule has 30 heavy (non-hydrogen) atoms. The molecule has 0 bridgehead atoms. The molecule has 0 radical (unpaired) electrons. The SMILES string of the molecule is CCOC(=O)c1c(-c2ccccc2)oc2ccc(OC(=O)c3ccc(Cl)cc3)cc12. The third-order valence-corrected chi connectivity index (χ3v) is 4.72. The van der Waals surface area contributed by atoms with Gasteiger partial charge >= 0.3 is 11.9 Å². The van der Waals surface area contributed by atoms with Crippen LogP contribution >= 0.6 is 11.6 Å². The number of fused-ring (bicyclic) bond motifs is 1. The molecule has 0 aliphatic rings. The molecular weight excluding hydrogens is 404 g/mol. The van der Waals surface area contributed by atoms with Crippen LogP contribution in [0.2, 0.25) is 5.02 Å². The first-order valence-electron chi connectivity index (χ1n) is 9.33. The first-order chi connectivity index (χ1) is 14.6. The van der Waals surface area contributed by atoms with Gasteiger partial charge in [0.1, 0.15) is 22.7 Å². The maximum absolute atomic E-state index is 12.7. The number of halogens is 1. The van der Waals surface area contributed by atoms with E-state index in [9.17, 15) is 9.59 Å². The molecule has 3 aromatic carbocycles. The van der Waals surface area contributed by atoms with E-state index >= 15 is 0 Å². The Kier molecular flexibility index (Phi) is 5.55. The van der Waals surface area contributed by atoms with Crippen molar-refractivity contribution in [3.8, 4) is 17.1 Å². The number of rotatable bonds is 5. The summed E-state index contributed by atoms with van der Waals surface area (Å²) in [5.74, 6) is -0.342. The highest BCUT2D eigenvalue weighted by molar-refractivity contribution is 6.30. The van der Waals surface area contributed by atoms with E-state index in [1.165, 1.54) is 0 Å². The molecule has 0 amide bonds. The number of esters is 2. The molecule has 1 aromatic heterocycles. The predicted octanol–water partition coefficient (Wildman–Crippen LogP) is 6.15. The fourth-order valence-electron chi connectivity index (χ4n) is 3.09. The van der Waals surface area contributed by atoms with E-state index in [4.69, 9.17) is 25.5 Å². The molecule has 0 aliphatic heterocycles. The van der Waals surface area contributed by atoms with Gasteiger partial charge in [0.15, 0.2) is 0 Å². The third kappa shape index (κ3) is 3.93. The van der Waals surface area contributed by atoms with Crippen LogP contribution in [0.1, 0.15) is 27.6 Å². The van der Waals surface area contributed by atoms with E-state index in [0.717, 1.165) is 5.56 Å². The van der Waals surface area contributed by atoms with E-state index in [2.05, 4.69) is 0 Å². The van der Waals surface area contributed by atoms with Crippen molar-refractivity contribution < 1.29 is 23.5 Å². The zero-order valence-electron chi connectivity index (χ0n) is 16.1. The summed E-state index contributed by atoms with van der Waals surface area (Å²) in [5, 5.41) is 1.03. The number of hydrogen-bond acceptors (Lipinski definition) is 5. The van der Waals surface area contributed by atoms with Gasteiger partial charge in [-0.3, -0.25) is 0 Å². The van der Waals surface area contributed by atoms with Gasteiger partial charge in [0.05, 0.1) is 12.2 Å². The molecule has 0 spiro atoms. The van der Waals surface area contributed by atoms with Crippen LogP contribution in [0.25, 0.3) is 22.3 Å². The van der Waals surface area contributed by atoms with Crippen molar-refractivity contribution in [2.45, 2.75) is 6.92 Å². The summed E-state index contributed by atoms with van der Waals surface area (Å²) in [6.45, 7) is 1.96. The lowest BCUT2D eigenvalue weighted by Gasteiger charge is -2.05. The number of carbonyl (C=O) groups is 2. The Labute approximate surface area is 177 Å². The van der Waals surface area contributed by atoms with E-state index in [-0.39, 0.29) is 12.4 Å². The average Bonchev–Trinajstić information content (AvgIpc) is 3.14. The van der Waals surface area contributed by atoms with E-state index < -0.39 is 11.9 Å². The van der Waals surface area contributed by atoms with Gasteiger partial charge in [0.25, 0.3) is 0 Å². The highest BCUT2D eigenvalue weighted by atomic mass is 35.5. The number of furan rings is 1. The zero-order chi connectivity index (χ0) is 21.1. The third-order valence-electron chi connectivity index (χ3n) is 4.47. The van der Waals surface area contributed by atoms with Crippen LogP contribution in [0.5, 0.6) is 5.75 Å². The molecule has 150 valence electrons. The van der Waals surface area contributed by atoms with Crippen molar-refractivity contribution in [2.75, 3.05) is 6.61 Å². The summed E-state index contributed by atoms with van der Waals surface area (Å²) in [7, 11) is 0. The van der Waals surface area contributed by atoms with Crippen LogP contribution in [0.3, 0.4) is 0 Å². The summed E-state index contributed by atoms with van der Waals surface area (Å²) >= 11 is 5.86. The van der Waals surface area contributed by atoms with Gasteiger partial charge in [-0.05, 0) is 49.4 Å². The molecule has 0 fully saturated rings. The molecule has 0 saturated heterocycles. The highest BCUT2D eigenvalue weighted by Gasteiger charge is 2.24. The van der Waals surface area contributed by atoms with Crippen molar-refractivity contribution in [1.29, 1.82) is 0 Å². The Bertz CT molecular complexity index is 1210. The zero-order valence-corrected chi connectivity index (χ0v) is 16.8. The van der Waals surface area contributed by atoms with Crippen LogP contribution < -0.4 is 4.74 Å². The van der Waals surface area contributed by atoms with Crippen LogP contribution in [0.4, 0.5) is 0 Å². The van der Waals surface area contributed by atoms with Crippen LogP contribution in [0, 0.1) is 0 Å². The lowest BCUT2D eigenvalue weighted by Crippen LogP contribution is -2.08. The molecule has 0 unspecified atom stereocenters. The molecule has 0 aliphatic carbocycles. The Morgan fingerprint density at radius 1 is 0.933 bits per heavy atom. The minimum atomic E-state index is -0.532.